The summed E-state index contributed by atoms with van der Waals surface area (Å²) in [5.41, 5.74) is 5.65. The lowest BCUT2D eigenvalue weighted by Gasteiger charge is -2.28. The molecule has 0 aliphatic carbocycles. The van der Waals surface area contributed by atoms with Crippen molar-refractivity contribution in [3.63, 3.8) is 0 Å². The van der Waals surface area contributed by atoms with Crippen molar-refractivity contribution in [2.75, 3.05) is 20.8 Å². The average molecular weight is 415 g/mol. The number of benzene rings is 2. The molecule has 0 amide bonds. The molecule has 0 bridgehead atoms. The summed E-state index contributed by atoms with van der Waals surface area (Å²) in [6.07, 6.45) is 7.13. The molecule has 150 valence electrons. The topological polar surface area (TPSA) is 50.8 Å². The van der Waals surface area contributed by atoms with Gasteiger partial charge in [-0.1, -0.05) is 35.9 Å². The zero-order valence-corrected chi connectivity index (χ0v) is 16.7. The second-order valence-corrected chi connectivity index (χ2v) is 6.64. The fourth-order valence-electron chi connectivity index (χ4n) is 2.77. The number of carbonyl (C=O) groups is 1. The number of carbonyl (C=O) groups excluding carboxylic acids is 1. The predicted molar refractivity (Wildman–Crippen MR) is 111 cm³/mol. The number of hydrogen-bond acceptors (Lipinski definition) is 5. The molecule has 0 saturated heterocycles. The van der Waals surface area contributed by atoms with Gasteiger partial charge in [0.2, 0.25) is 0 Å². The lowest BCUT2D eigenvalue weighted by molar-refractivity contribution is -0.135. The molecule has 0 fully saturated rings. The van der Waals surface area contributed by atoms with E-state index in [9.17, 15) is 9.18 Å². The van der Waals surface area contributed by atoms with Crippen LogP contribution in [0.4, 0.5) is 4.39 Å². The van der Waals surface area contributed by atoms with Crippen LogP contribution in [0.25, 0.3) is 11.8 Å². The number of nitrogens with zero attached hydrogens (tertiary/aromatic N) is 1. The van der Waals surface area contributed by atoms with Gasteiger partial charge in [0, 0.05) is 16.8 Å². The van der Waals surface area contributed by atoms with Gasteiger partial charge in [-0.25, -0.2) is 9.18 Å². The van der Waals surface area contributed by atoms with Crippen molar-refractivity contribution in [3.05, 3.63) is 88.4 Å². The van der Waals surface area contributed by atoms with E-state index in [1.54, 1.807) is 23.4 Å². The summed E-state index contributed by atoms with van der Waals surface area (Å²) in [5, 5.41) is 2.39. The van der Waals surface area contributed by atoms with Crippen LogP contribution in [0.1, 0.15) is 11.1 Å². The van der Waals surface area contributed by atoms with Crippen LogP contribution in [0.5, 0.6) is 5.75 Å². The highest BCUT2D eigenvalue weighted by atomic mass is 35.5. The van der Waals surface area contributed by atoms with Crippen LogP contribution in [0.2, 0.25) is 5.02 Å². The summed E-state index contributed by atoms with van der Waals surface area (Å²) in [4.78, 5) is 12.1. The molecule has 1 heterocycles. The Kier molecular flexibility index (Phi) is 6.57. The molecule has 7 heteroatoms. The van der Waals surface area contributed by atoms with Crippen molar-refractivity contribution in [2.24, 2.45) is 0 Å². The number of esters is 1. The molecular formula is C22H20ClFN2O3. The van der Waals surface area contributed by atoms with Gasteiger partial charge in [-0.2, -0.15) is 0 Å². The number of rotatable bonds is 6. The lowest BCUT2D eigenvalue weighted by atomic mass is 10.1. The Bertz CT molecular complexity index is 984. The van der Waals surface area contributed by atoms with E-state index in [-0.39, 0.29) is 5.75 Å². The monoisotopic (exact) mass is 414 g/mol. The van der Waals surface area contributed by atoms with E-state index < -0.39 is 11.8 Å². The number of methoxy groups -OCH3 is 2. The third-order valence-electron chi connectivity index (χ3n) is 4.23. The van der Waals surface area contributed by atoms with Crippen molar-refractivity contribution < 1.29 is 18.7 Å². The molecule has 0 aromatic heterocycles. The van der Waals surface area contributed by atoms with Crippen LogP contribution in [-0.2, 0) is 9.53 Å². The first-order chi connectivity index (χ1) is 14.0. The van der Waals surface area contributed by atoms with Gasteiger partial charge in [0.05, 0.1) is 32.0 Å². The zero-order chi connectivity index (χ0) is 20.8. The van der Waals surface area contributed by atoms with Crippen molar-refractivity contribution in [1.82, 2.24) is 10.4 Å². The van der Waals surface area contributed by atoms with Crippen LogP contribution in [0, 0.1) is 5.82 Å². The van der Waals surface area contributed by atoms with Gasteiger partial charge >= 0.3 is 5.97 Å². The lowest BCUT2D eigenvalue weighted by Crippen LogP contribution is -2.36. The maximum absolute atomic E-state index is 14.1. The first-order valence-corrected chi connectivity index (χ1v) is 9.19. The number of hydrazine groups is 1. The Labute approximate surface area is 173 Å². The van der Waals surface area contributed by atoms with E-state index in [0.29, 0.717) is 28.4 Å². The van der Waals surface area contributed by atoms with Crippen molar-refractivity contribution in [2.45, 2.75) is 0 Å². The molecule has 0 unspecified atom stereocenters. The molecule has 0 spiro atoms. The number of nitrogens with one attached hydrogen (secondary N) is 1. The third kappa shape index (κ3) is 5.18. The minimum Gasteiger partial charge on any atom is -0.494 e. The number of halogens is 2. The Balaban J connectivity index is 1.81. The summed E-state index contributed by atoms with van der Waals surface area (Å²) in [6, 6.07) is 12.0. The van der Waals surface area contributed by atoms with E-state index >= 15 is 0 Å². The van der Waals surface area contributed by atoms with E-state index in [0.717, 1.165) is 5.56 Å². The molecule has 0 saturated carbocycles. The standard InChI is InChI=1S/C22H20ClFN2O3/c1-28-21-10-7-16(12-19(21)24)20-13-17(22(27)29-2)14-26(25-20)11-3-4-15-5-8-18(23)9-6-15/h3-10,12-14,25H,11H2,1-2H3. The molecule has 1 aliphatic rings. The van der Waals surface area contributed by atoms with Crippen LogP contribution in [-0.4, -0.2) is 31.7 Å². The maximum Gasteiger partial charge on any atom is 0.339 e. The molecule has 5 nitrogen and oxygen atoms in total. The predicted octanol–water partition coefficient (Wildman–Crippen LogP) is 4.42. The molecule has 1 N–H and O–H groups in total. The SMILES string of the molecule is COC(=O)C1=CN(CC=Cc2ccc(Cl)cc2)NC(c2ccc(OC)c(F)c2)=C1. The second kappa shape index (κ2) is 9.30. The maximum atomic E-state index is 14.1. The summed E-state index contributed by atoms with van der Waals surface area (Å²) >= 11 is 5.90. The van der Waals surface area contributed by atoms with Crippen LogP contribution >= 0.6 is 11.6 Å². The van der Waals surface area contributed by atoms with E-state index in [4.69, 9.17) is 21.1 Å². The quantitative estimate of drug-likeness (QED) is 0.709. The summed E-state index contributed by atoms with van der Waals surface area (Å²) in [5.74, 6) is -0.822. The van der Waals surface area contributed by atoms with Gasteiger partial charge < -0.3 is 9.47 Å². The molecule has 29 heavy (non-hydrogen) atoms. The molecule has 2 aromatic rings. The zero-order valence-electron chi connectivity index (χ0n) is 16.0. The fourth-order valence-corrected chi connectivity index (χ4v) is 2.89. The van der Waals surface area contributed by atoms with Gasteiger partial charge in [-0.15, -0.1) is 0 Å². The molecule has 0 radical (unpaired) electrons. The van der Waals surface area contributed by atoms with E-state index in [1.807, 2.05) is 36.4 Å². The van der Waals surface area contributed by atoms with Crippen LogP contribution in [0.15, 0.2) is 66.4 Å². The van der Waals surface area contributed by atoms with Gasteiger partial charge in [0.25, 0.3) is 0 Å². The first kappa shape index (κ1) is 20.5. The van der Waals surface area contributed by atoms with Gasteiger partial charge in [0.1, 0.15) is 0 Å². The summed E-state index contributed by atoms with van der Waals surface area (Å²) in [6.45, 7) is 0.457. The molecule has 1 aliphatic heterocycles. The first-order valence-electron chi connectivity index (χ1n) is 8.81. The van der Waals surface area contributed by atoms with Gasteiger partial charge in [-0.05, 0) is 42.0 Å². The smallest absolute Gasteiger partial charge is 0.339 e. The van der Waals surface area contributed by atoms with E-state index in [2.05, 4.69) is 5.43 Å². The summed E-state index contributed by atoms with van der Waals surface area (Å²) in [7, 11) is 2.72. The number of hydrogen-bond donors (Lipinski definition) is 1. The van der Waals surface area contributed by atoms with Crippen molar-refractivity contribution in [3.8, 4) is 5.75 Å². The second-order valence-electron chi connectivity index (χ2n) is 6.20. The molecule has 3 rings (SSSR count). The Morgan fingerprint density at radius 3 is 2.62 bits per heavy atom. The highest BCUT2D eigenvalue weighted by Crippen LogP contribution is 2.25. The average Bonchev–Trinajstić information content (AvgIpc) is 2.74. The largest absolute Gasteiger partial charge is 0.494 e. The Morgan fingerprint density at radius 1 is 1.21 bits per heavy atom. The minimum atomic E-state index is -0.490. The Hall–Kier alpha value is -3.25. The fraction of sp³-hybridized carbons (Fsp3) is 0.136. The normalized spacial score (nSPS) is 13.6. The van der Waals surface area contributed by atoms with Crippen molar-refractivity contribution >= 4 is 29.3 Å². The number of ether oxygens (including phenoxy) is 2. The van der Waals surface area contributed by atoms with Gasteiger partial charge in [-0.3, -0.25) is 10.4 Å². The Morgan fingerprint density at radius 2 is 1.97 bits per heavy atom. The van der Waals surface area contributed by atoms with Gasteiger partial charge in [0.15, 0.2) is 11.6 Å². The van der Waals surface area contributed by atoms with Crippen LogP contribution in [0.3, 0.4) is 0 Å². The minimum absolute atomic E-state index is 0.150. The van der Waals surface area contributed by atoms with Crippen molar-refractivity contribution in [1.29, 1.82) is 0 Å². The summed E-state index contributed by atoms with van der Waals surface area (Å²) < 4.78 is 23.9. The molecule has 0 atom stereocenters. The van der Waals surface area contributed by atoms with Crippen LogP contribution < -0.4 is 10.2 Å². The molecular weight excluding hydrogens is 395 g/mol. The molecule has 2 aromatic carbocycles. The third-order valence-corrected chi connectivity index (χ3v) is 4.48. The van der Waals surface area contributed by atoms with E-state index in [1.165, 1.54) is 26.4 Å². The highest BCUT2D eigenvalue weighted by Gasteiger charge is 2.18. The highest BCUT2D eigenvalue weighted by molar-refractivity contribution is 6.30.